The molecule has 32 heavy (non-hydrogen) atoms. The summed E-state index contributed by atoms with van der Waals surface area (Å²) in [5.41, 5.74) is 3.26. The van der Waals surface area contributed by atoms with Crippen LogP contribution in [0, 0.1) is 23.7 Å². The zero-order chi connectivity index (χ0) is 23.0. The summed E-state index contributed by atoms with van der Waals surface area (Å²) in [5, 5.41) is 0. The van der Waals surface area contributed by atoms with E-state index in [2.05, 4.69) is 32.9 Å². The second-order valence-corrected chi connectivity index (χ2v) is 9.85. The van der Waals surface area contributed by atoms with E-state index >= 15 is 0 Å². The van der Waals surface area contributed by atoms with Crippen LogP contribution in [0.1, 0.15) is 65.9 Å². The summed E-state index contributed by atoms with van der Waals surface area (Å²) in [6.45, 7) is 9.66. The van der Waals surface area contributed by atoms with E-state index < -0.39 is 11.6 Å². The lowest BCUT2D eigenvalue weighted by atomic mass is 9.62. The van der Waals surface area contributed by atoms with Crippen LogP contribution < -0.4 is 0 Å². The number of esters is 2. The Balaban J connectivity index is 1.70. The summed E-state index contributed by atoms with van der Waals surface area (Å²) in [5.74, 6) is 0.283. The fourth-order valence-corrected chi connectivity index (χ4v) is 6.15. The van der Waals surface area contributed by atoms with Crippen LogP contribution in [0.5, 0.6) is 0 Å². The Labute approximate surface area is 190 Å². The highest BCUT2D eigenvalue weighted by atomic mass is 16.6. The molecule has 5 atom stereocenters. The zero-order valence-electron chi connectivity index (χ0n) is 19.8. The van der Waals surface area contributed by atoms with Crippen LogP contribution in [0.4, 0.5) is 0 Å². The van der Waals surface area contributed by atoms with E-state index in [0.29, 0.717) is 23.2 Å². The van der Waals surface area contributed by atoms with E-state index in [0.717, 1.165) is 32.1 Å². The molecule has 5 heteroatoms. The summed E-state index contributed by atoms with van der Waals surface area (Å²) in [6.07, 6.45) is 13.0. The summed E-state index contributed by atoms with van der Waals surface area (Å²) < 4.78 is 17.1. The second-order valence-electron chi connectivity index (χ2n) is 9.85. The van der Waals surface area contributed by atoms with Gasteiger partial charge in [0.05, 0.1) is 18.1 Å². The molecule has 1 spiro atoms. The van der Waals surface area contributed by atoms with Crippen molar-refractivity contribution in [3.05, 3.63) is 58.8 Å². The molecule has 0 N–H and O–H groups in total. The van der Waals surface area contributed by atoms with Crippen molar-refractivity contribution in [1.82, 2.24) is 0 Å². The quantitative estimate of drug-likeness (QED) is 0.407. The molecule has 0 saturated heterocycles. The maximum Gasteiger partial charge on any atom is 0.338 e. The minimum Gasteiger partial charge on any atom is -0.472 e. The number of rotatable bonds is 6. The highest BCUT2D eigenvalue weighted by molar-refractivity contribution is 5.93. The van der Waals surface area contributed by atoms with Gasteiger partial charge in [0.1, 0.15) is 0 Å². The van der Waals surface area contributed by atoms with Crippen molar-refractivity contribution in [3.63, 3.8) is 0 Å². The molecular formula is C27H34O5. The fraction of sp³-hybridized carbons (Fsp3) is 0.556. The van der Waals surface area contributed by atoms with Gasteiger partial charge in [-0.15, -0.1) is 0 Å². The van der Waals surface area contributed by atoms with Crippen molar-refractivity contribution < 1.29 is 23.5 Å². The maximum atomic E-state index is 12.8. The monoisotopic (exact) mass is 438 g/mol. The molecule has 2 aliphatic carbocycles. The van der Waals surface area contributed by atoms with Crippen LogP contribution in [0.25, 0.3) is 0 Å². The lowest BCUT2D eigenvalue weighted by Gasteiger charge is -2.47. The third-order valence-corrected chi connectivity index (χ3v) is 7.59. The van der Waals surface area contributed by atoms with E-state index in [1.807, 2.05) is 6.07 Å². The lowest BCUT2D eigenvalue weighted by Crippen LogP contribution is -2.53. The van der Waals surface area contributed by atoms with E-state index in [-0.39, 0.29) is 17.8 Å². The van der Waals surface area contributed by atoms with E-state index in [1.54, 1.807) is 19.5 Å². The first-order chi connectivity index (χ1) is 15.2. The van der Waals surface area contributed by atoms with Gasteiger partial charge < -0.3 is 13.9 Å². The zero-order valence-corrected chi connectivity index (χ0v) is 19.8. The molecule has 1 aromatic rings. The van der Waals surface area contributed by atoms with E-state index in [9.17, 15) is 9.59 Å². The number of carbonyl (C=O) groups excluding carboxylic acids is 2. The molecule has 2 heterocycles. The van der Waals surface area contributed by atoms with Gasteiger partial charge in [0.2, 0.25) is 0 Å². The fourth-order valence-electron chi connectivity index (χ4n) is 6.15. The summed E-state index contributed by atoms with van der Waals surface area (Å²) in [7, 11) is 0. The second kappa shape index (κ2) is 8.76. The predicted molar refractivity (Wildman–Crippen MR) is 121 cm³/mol. The van der Waals surface area contributed by atoms with Crippen LogP contribution in [0.3, 0.4) is 0 Å². The molecule has 0 radical (unpaired) electrons. The van der Waals surface area contributed by atoms with Gasteiger partial charge in [-0.1, -0.05) is 30.2 Å². The number of fused-ring (bicyclic) bond motifs is 2. The average molecular weight is 439 g/mol. The Morgan fingerprint density at radius 2 is 2.06 bits per heavy atom. The van der Waals surface area contributed by atoms with Gasteiger partial charge in [-0.2, -0.15) is 0 Å². The Morgan fingerprint density at radius 1 is 1.28 bits per heavy atom. The molecule has 1 aromatic heterocycles. The number of hydrogen-bond donors (Lipinski definition) is 0. The first-order valence-electron chi connectivity index (χ1n) is 11.7. The summed E-state index contributed by atoms with van der Waals surface area (Å²) >= 11 is 0. The molecular weight excluding hydrogens is 404 g/mol. The van der Waals surface area contributed by atoms with Gasteiger partial charge in [-0.3, -0.25) is 4.79 Å². The Hall–Kier alpha value is -2.56. The third-order valence-electron chi connectivity index (χ3n) is 7.59. The van der Waals surface area contributed by atoms with Crippen molar-refractivity contribution in [2.24, 2.45) is 23.7 Å². The van der Waals surface area contributed by atoms with Crippen LogP contribution in [-0.4, -0.2) is 17.5 Å². The topological polar surface area (TPSA) is 65.7 Å². The Kier molecular flexibility index (Phi) is 6.19. The van der Waals surface area contributed by atoms with Gasteiger partial charge in [0, 0.05) is 18.8 Å². The highest BCUT2D eigenvalue weighted by Crippen LogP contribution is 2.59. The first kappa shape index (κ1) is 22.6. The molecule has 1 saturated carbocycles. The molecule has 4 rings (SSSR count). The molecule has 0 unspecified atom stereocenters. The Bertz CT molecular complexity index is 980. The number of allylic oxidation sites excluding steroid dienone is 2. The van der Waals surface area contributed by atoms with Gasteiger partial charge in [-0.05, 0) is 76.3 Å². The molecule has 0 amide bonds. The number of carbonyl (C=O) groups is 2. The SMILES string of the molecule is CC(=O)OC1=C(C)C(=O)O[C@]12[C@@H]1[C@@H](C)CC[C@H]1C(C)=C[C@H]2/C=C(\C)CCCc1ccoc1. The molecule has 1 fully saturated rings. The Morgan fingerprint density at radius 3 is 2.75 bits per heavy atom. The van der Waals surface area contributed by atoms with Crippen LogP contribution in [0.15, 0.2) is 57.6 Å². The van der Waals surface area contributed by atoms with Crippen molar-refractivity contribution >= 4 is 11.9 Å². The predicted octanol–water partition coefficient (Wildman–Crippen LogP) is 5.92. The molecule has 0 bridgehead atoms. The standard InChI is InChI=1S/C27H34O5/c1-16(7-6-8-21-11-12-30-15-21)13-22-14-18(3)23-10-9-17(2)24(23)27(22)25(31-20(5)28)19(4)26(29)32-27/h11-15,17,22-24H,6-10H2,1-5H3/b16-13+/t17-,22+,23-,24+,27+/m0/s1. The maximum absolute atomic E-state index is 12.8. The number of aryl methyl sites for hydroxylation is 1. The summed E-state index contributed by atoms with van der Waals surface area (Å²) in [4.78, 5) is 24.9. The van der Waals surface area contributed by atoms with E-state index in [4.69, 9.17) is 13.9 Å². The molecule has 3 aliphatic rings. The van der Waals surface area contributed by atoms with Gasteiger partial charge >= 0.3 is 11.9 Å². The normalized spacial score (nSPS) is 32.2. The number of hydrogen-bond acceptors (Lipinski definition) is 5. The largest absolute Gasteiger partial charge is 0.472 e. The van der Waals surface area contributed by atoms with Crippen molar-refractivity contribution in [1.29, 1.82) is 0 Å². The van der Waals surface area contributed by atoms with Gasteiger partial charge in [-0.25, -0.2) is 4.79 Å². The molecule has 1 aliphatic heterocycles. The van der Waals surface area contributed by atoms with E-state index in [1.165, 1.54) is 23.6 Å². The molecule has 0 aromatic carbocycles. The smallest absolute Gasteiger partial charge is 0.338 e. The third kappa shape index (κ3) is 3.87. The van der Waals surface area contributed by atoms with Crippen LogP contribution >= 0.6 is 0 Å². The van der Waals surface area contributed by atoms with Crippen LogP contribution in [-0.2, 0) is 25.5 Å². The van der Waals surface area contributed by atoms with Gasteiger partial charge in [0.25, 0.3) is 0 Å². The first-order valence-corrected chi connectivity index (χ1v) is 11.7. The molecule has 172 valence electrons. The summed E-state index contributed by atoms with van der Waals surface area (Å²) in [6, 6.07) is 2.00. The number of ether oxygens (including phenoxy) is 2. The number of furan rings is 1. The van der Waals surface area contributed by atoms with Crippen LogP contribution in [0.2, 0.25) is 0 Å². The van der Waals surface area contributed by atoms with Crippen molar-refractivity contribution in [2.45, 2.75) is 72.3 Å². The van der Waals surface area contributed by atoms with Crippen molar-refractivity contribution in [2.75, 3.05) is 0 Å². The van der Waals surface area contributed by atoms with Crippen molar-refractivity contribution in [3.8, 4) is 0 Å². The minimum atomic E-state index is -0.946. The minimum absolute atomic E-state index is 0.100. The lowest BCUT2D eigenvalue weighted by molar-refractivity contribution is -0.165. The average Bonchev–Trinajstić information content (AvgIpc) is 3.43. The van der Waals surface area contributed by atoms with Gasteiger partial charge in [0.15, 0.2) is 11.4 Å². The molecule has 5 nitrogen and oxygen atoms in total. The highest BCUT2D eigenvalue weighted by Gasteiger charge is 2.63.